The lowest BCUT2D eigenvalue weighted by atomic mass is 9.84. The monoisotopic (exact) mass is 331 g/mol. The average Bonchev–Trinajstić information content (AvgIpc) is 2.40. The molecule has 1 aromatic carbocycles. The van der Waals surface area contributed by atoms with Gasteiger partial charge in [-0.2, -0.15) is 0 Å². The van der Waals surface area contributed by atoms with Crippen LogP contribution in [0.4, 0.5) is 4.39 Å². The van der Waals surface area contributed by atoms with Crippen LogP contribution in [0.1, 0.15) is 37.0 Å². The van der Waals surface area contributed by atoms with Gasteiger partial charge in [0.05, 0.1) is 5.56 Å². The number of hydrogen-bond acceptors (Lipinski definition) is 2. The fraction of sp³-hybridized carbons (Fsp3) is 0.500. The number of nitrogens with one attached hydrogen (secondary N) is 1. The molecule has 0 heterocycles. The molecule has 0 atom stereocenters. The molecule has 0 aromatic heterocycles. The molecule has 1 amide bonds. The molecule has 19 heavy (non-hydrogen) atoms. The first kappa shape index (κ1) is 16.0. The predicted molar refractivity (Wildman–Crippen MR) is 77.2 cm³/mol. The zero-order valence-corrected chi connectivity index (χ0v) is 12.8. The van der Waals surface area contributed by atoms with Crippen LogP contribution < -0.4 is 5.32 Å². The summed E-state index contributed by atoms with van der Waals surface area (Å²) in [6, 6.07) is 3.38. The Balaban J connectivity index is 2.75. The third-order valence-corrected chi connectivity index (χ3v) is 4.80. The molecule has 0 aliphatic carbocycles. The molecule has 5 heteroatoms. The summed E-state index contributed by atoms with van der Waals surface area (Å²) in [4.78, 5) is 12.0. The van der Waals surface area contributed by atoms with Gasteiger partial charge in [-0.1, -0.05) is 29.8 Å². The van der Waals surface area contributed by atoms with Gasteiger partial charge in [-0.15, -0.1) is 0 Å². The molecule has 0 saturated carbocycles. The highest BCUT2D eigenvalue weighted by atomic mass is 79.9. The maximum absolute atomic E-state index is 12.9. The van der Waals surface area contributed by atoms with E-state index in [1.165, 1.54) is 6.07 Å². The van der Waals surface area contributed by atoms with Crippen molar-refractivity contribution in [2.75, 3.05) is 11.9 Å². The summed E-state index contributed by atoms with van der Waals surface area (Å²) in [7, 11) is 0. The number of phenolic OH excluding ortho intramolecular Hbond substituents is 1. The van der Waals surface area contributed by atoms with E-state index in [0.717, 1.165) is 30.3 Å². The van der Waals surface area contributed by atoms with Gasteiger partial charge in [0, 0.05) is 17.9 Å². The maximum atomic E-state index is 12.9. The minimum Gasteiger partial charge on any atom is -0.507 e. The molecule has 2 N–H and O–H groups in total. The molecular formula is C14H19BrFNO2. The molecule has 0 aliphatic rings. The summed E-state index contributed by atoms with van der Waals surface area (Å²) >= 11 is 3.47. The van der Waals surface area contributed by atoms with Gasteiger partial charge in [0.15, 0.2) is 0 Å². The topological polar surface area (TPSA) is 49.3 Å². The van der Waals surface area contributed by atoms with Gasteiger partial charge in [0.25, 0.3) is 5.91 Å². The molecule has 0 fully saturated rings. The van der Waals surface area contributed by atoms with Crippen molar-refractivity contribution in [1.29, 1.82) is 0 Å². The van der Waals surface area contributed by atoms with Gasteiger partial charge in [0.2, 0.25) is 0 Å². The van der Waals surface area contributed by atoms with Gasteiger partial charge in [-0.3, -0.25) is 4.79 Å². The van der Waals surface area contributed by atoms with Crippen molar-refractivity contribution in [2.24, 2.45) is 5.41 Å². The SMILES string of the molecule is CCC(CC)(CBr)CNC(=O)c1ccc(F)cc1O. The summed E-state index contributed by atoms with van der Waals surface area (Å²) < 4.78 is 12.9. The number of benzene rings is 1. The van der Waals surface area contributed by atoms with Crippen LogP contribution >= 0.6 is 15.9 Å². The smallest absolute Gasteiger partial charge is 0.255 e. The molecule has 0 bridgehead atoms. The van der Waals surface area contributed by atoms with Crippen LogP contribution in [0.5, 0.6) is 5.75 Å². The van der Waals surface area contributed by atoms with Crippen LogP contribution in [0.15, 0.2) is 18.2 Å². The van der Waals surface area contributed by atoms with Gasteiger partial charge in [-0.25, -0.2) is 4.39 Å². The summed E-state index contributed by atoms with van der Waals surface area (Å²) in [5.41, 5.74) is 0.0998. The number of aromatic hydroxyl groups is 1. The lowest BCUT2D eigenvalue weighted by Gasteiger charge is -2.29. The molecular weight excluding hydrogens is 313 g/mol. The Bertz CT molecular complexity index is 439. The molecule has 1 rings (SSSR count). The van der Waals surface area contributed by atoms with Crippen molar-refractivity contribution in [3.05, 3.63) is 29.6 Å². The van der Waals surface area contributed by atoms with E-state index in [0.29, 0.717) is 6.54 Å². The van der Waals surface area contributed by atoms with E-state index in [9.17, 15) is 14.3 Å². The standard InChI is InChI=1S/C14H19BrFNO2/c1-3-14(4-2,8-15)9-17-13(19)11-6-5-10(16)7-12(11)18/h5-7,18H,3-4,8-9H2,1-2H3,(H,17,19). The molecule has 106 valence electrons. The number of amides is 1. The largest absolute Gasteiger partial charge is 0.507 e. The van der Waals surface area contributed by atoms with Crippen LogP contribution in [-0.4, -0.2) is 22.9 Å². The van der Waals surface area contributed by atoms with E-state index in [2.05, 4.69) is 35.1 Å². The van der Waals surface area contributed by atoms with Crippen molar-refractivity contribution in [3.8, 4) is 5.75 Å². The van der Waals surface area contributed by atoms with Gasteiger partial charge < -0.3 is 10.4 Å². The van der Waals surface area contributed by atoms with E-state index in [1.807, 2.05) is 0 Å². The van der Waals surface area contributed by atoms with Crippen LogP contribution in [0.2, 0.25) is 0 Å². The second-order valence-electron chi connectivity index (χ2n) is 4.68. The van der Waals surface area contributed by atoms with Crippen molar-refractivity contribution in [1.82, 2.24) is 5.32 Å². The quantitative estimate of drug-likeness (QED) is 0.784. The number of carbonyl (C=O) groups is 1. The minimum atomic E-state index is -0.564. The van der Waals surface area contributed by atoms with Gasteiger partial charge in [0.1, 0.15) is 11.6 Å². The number of phenols is 1. The fourth-order valence-electron chi connectivity index (χ4n) is 1.80. The first-order valence-electron chi connectivity index (χ1n) is 6.30. The molecule has 1 aromatic rings. The number of carbonyl (C=O) groups excluding carboxylic acids is 1. The molecule has 0 radical (unpaired) electrons. The predicted octanol–water partition coefficient (Wildman–Crippen LogP) is 3.46. The number of alkyl halides is 1. The zero-order chi connectivity index (χ0) is 14.5. The van der Waals surface area contributed by atoms with Crippen LogP contribution in [-0.2, 0) is 0 Å². The van der Waals surface area contributed by atoms with E-state index >= 15 is 0 Å². The van der Waals surface area contributed by atoms with Crippen LogP contribution in [0.3, 0.4) is 0 Å². The molecule has 0 spiro atoms. The highest BCUT2D eigenvalue weighted by Crippen LogP contribution is 2.28. The number of halogens is 2. The van der Waals surface area contributed by atoms with Crippen molar-refractivity contribution in [3.63, 3.8) is 0 Å². The Kier molecular flexibility index (Phi) is 5.79. The van der Waals surface area contributed by atoms with Crippen LogP contribution in [0.25, 0.3) is 0 Å². The van der Waals surface area contributed by atoms with E-state index < -0.39 is 5.82 Å². The second-order valence-corrected chi connectivity index (χ2v) is 5.25. The Morgan fingerprint density at radius 3 is 2.53 bits per heavy atom. The lowest BCUT2D eigenvalue weighted by molar-refractivity contribution is 0.0929. The first-order valence-corrected chi connectivity index (χ1v) is 7.43. The van der Waals surface area contributed by atoms with Gasteiger partial charge >= 0.3 is 0 Å². The van der Waals surface area contributed by atoms with E-state index in [1.54, 1.807) is 0 Å². The average molecular weight is 332 g/mol. The molecule has 3 nitrogen and oxygen atoms in total. The van der Waals surface area contributed by atoms with Crippen molar-refractivity contribution in [2.45, 2.75) is 26.7 Å². The third kappa shape index (κ3) is 3.93. The number of hydrogen-bond donors (Lipinski definition) is 2. The Morgan fingerprint density at radius 2 is 2.05 bits per heavy atom. The summed E-state index contributed by atoms with van der Waals surface area (Å²) in [5, 5.41) is 13.1. The minimum absolute atomic E-state index is 0.00527. The Labute approximate surface area is 121 Å². The Hall–Kier alpha value is -1.10. The Morgan fingerprint density at radius 1 is 1.42 bits per heavy atom. The highest BCUT2D eigenvalue weighted by Gasteiger charge is 2.26. The van der Waals surface area contributed by atoms with Gasteiger partial charge in [-0.05, 0) is 30.4 Å². The van der Waals surface area contributed by atoms with E-state index in [-0.39, 0.29) is 22.6 Å². The van der Waals surface area contributed by atoms with Crippen molar-refractivity contribution < 1.29 is 14.3 Å². The van der Waals surface area contributed by atoms with Crippen LogP contribution in [0, 0.1) is 11.2 Å². The van der Waals surface area contributed by atoms with E-state index in [4.69, 9.17) is 0 Å². The zero-order valence-electron chi connectivity index (χ0n) is 11.2. The highest BCUT2D eigenvalue weighted by molar-refractivity contribution is 9.09. The lowest BCUT2D eigenvalue weighted by Crippen LogP contribution is -2.38. The summed E-state index contributed by atoms with van der Waals surface area (Å²) in [6.45, 7) is 4.67. The first-order chi connectivity index (χ1) is 8.98. The maximum Gasteiger partial charge on any atom is 0.255 e. The normalized spacial score (nSPS) is 11.4. The number of rotatable bonds is 6. The summed E-state index contributed by atoms with van der Waals surface area (Å²) in [5.74, 6) is -1.29. The molecule has 0 unspecified atom stereocenters. The molecule has 0 saturated heterocycles. The fourth-order valence-corrected chi connectivity index (χ4v) is 2.79. The third-order valence-electron chi connectivity index (χ3n) is 3.61. The summed E-state index contributed by atoms with van der Waals surface area (Å²) in [6.07, 6.45) is 1.87. The van der Waals surface area contributed by atoms with Crippen molar-refractivity contribution >= 4 is 21.8 Å². The molecule has 0 aliphatic heterocycles. The second kappa shape index (κ2) is 6.89.